The number of aromatic nitrogens is 1. The highest BCUT2D eigenvalue weighted by molar-refractivity contribution is 6.31. The van der Waals surface area contributed by atoms with E-state index in [0.29, 0.717) is 48.2 Å². The van der Waals surface area contributed by atoms with E-state index in [1.807, 2.05) is 0 Å². The molecule has 6 nitrogen and oxygen atoms in total. The molecule has 3 aromatic rings. The second kappa shape index (κ2) is 8.06. The van der Waals surface area contributed by atoms with Gasteiger partial charge in [0.2, 0.25) is 0 Å². The van der Waals surface area contributed by atoms with Crippen molar-refractivity contribution in [3.8, 4) is 5.75 Å². The highest BCUT2D eigenvalue weighted by Crippen LogP contribution is 2.29. The Morgan fingerprint density at radius 3 is 2.90 bits per heavy atom. The third-order valence-corrected chi connectivity index (χ3v) is 5.04. The maximum atomic E-state index is 12.7. The van der Waals surface area contributed by atoms with Gasteiger partial charge in [-0.05, 0) is 36.6 Å². The summed E-state index contributed by atoms with van der Waals surface area (Å²) in [5, 5.41) is 3.65. The van der Waals surface area contributed by atoms with Gasteiger partial charge >= 0.3 is 6.36 Å². The van der Waals surface area contributed by atoms with Gasteiger partial charge in [-0.15, -0.1) is 13.2 Å². The number of anilines is 1. The summed E-state index contributed by atoms with van der Waals surface area (Å²) in [5.74, 6) is -0.890. The van der Waals surface area contributed by atoms with Crippen LogP contribution in [0.1, 0.15) is 16.8 Å². The van der Waals surface area contributed by atoms with Crippen molar-refractivity contribution < 1.29 is 27.1 Å². The van der Waals surface area contributed by atoms with E-state index in [0.717, 1.165) is 6.07 Å². The van der Waals surface area contributed by atoms with Crippen LogP contribution >= 0.6 is 11.6 Å². The molecule has 0 bridgehead atoms. The van der Waals surface area contributed by atoms with Crippen molar-refractivity contribution in [2.75, 3.05) is 25.0 Å². The van der Waals surface area contributed by atoms with Crippen molar-refractivity contribution in [3.05, 3.63) is 53.1 Å². The zero-order valence-corrected chi connectivity index (χ0v) is 16.3. The zero-order valence-electron chi connectivity index (χ0n) is 15.6. The molecule has 1 aromatic heterocycles. The number of oxazole rings is 1. The fourth-order valence-electron chi connectivity index (χ4n) is 3.42. The molecule has 1 amide bonds. The van der Waals surface area contributed by atoms with Gasteiger partial charge in [-0.2, -0.15) is 4.98 Å². The third kappa shape index (κ3) is 4.62. The van der Waals surface area contributed by atoms with Gasteiger partial charge in [-0.1, -0.05) is 23.7 Å². The number of ether oxygens (including phenoxy) is 1. The second-order valence-electron chi connectivity index (χ2n) is 6.96. The lowest BCUT2D eigenvalue weighted by atomic mass is 10.1. The number of para-hydroxylation sites is 1. The van der Waals surface area contributed by atoms with Crippen LogP contribution in [-0.4, -0.2) is 41.8 Å². The van der Waals surface area contributed by atoms with E-state index in [4.69, 9.17) is 16.0 Å². The number of halogens is 4. The van der Waals surface area contributed by atoms with Crippen molar-refractivity contribution in [3.63, 3.8) is 0 Å². The Kier molecular flexibility index (Phi) is 5.46. The lowest BCUT2D eigenvalue weighted by Gasteiger charge is -2.19. The summed E-state index contributed by atoms with van der Waals surface area (Å²) < 4.78 is 47.4. The Morgan fingerprint density at radius 2 is 2.10 bits per heavy atom. The van der Waals surface area contributed by atoms with Crippen LogP contribution in [0.3, 0.4) is 0 Å². The number of hydrogen-bond acceptors (Lipinski definition) is 5. The van der Waals surface area contributed by atoms with Gasteiger partial charge in [0.05, 0.1) is 5.56 Å². The second-order valence-corrected chi connectivity index (χ2v) is 7.40. The molecule has 1 aliphatic heterocycles. The van der Waals surface area contributed by atoms with E-state index in [9.17, 15) is 18.0 Å². The lowest BCUT2D eigenvalue weighted by molar-refractivity contribution is -0.274. The Hall–Kier alpha value is -2.94. The molecule has 30 heavy (non-hydrogen) atoms. The Bertz CT molecular complexity index is 1070. The fourth-order valence-corrected chi connectivity index (χ4v) is 3.58. The molecular weight excluding hydrogens is 423 g/mol. The van der Waals surface area contributed by atoms with E-state index >= 15 is 0 Å². The number of nitrogens with one attached hydrogen (secondary N) is 1. The molecule has 158 valence electrons. The van der Waals surface area contributed by atoms with Crippen molar-refractivity contribution in [1.82, 2.24) is 9.88 Å². The highest BCUT2D eigenvalue weighted by Gasteiger charge is 2.34. The Morgan fingerprint density at radius 1 is 1.30 bits per heavy atom. The molecule has 0 unspecified atom stereocenters. The van der Waals surface area contributed by atoms with Crippen LogP contribution in [0, 0.1) is 5.92 Å². The summed E-state index contributed by atoms with van der Waals surface area (Å²) in [5.41, 5.74) is 1.13. The molecule has 0 saturated carbocycles. The van der Waals surface area contributed by atoms with Gasteiger partial charge in [-0.3, -0.25) is 4.79 Å². The first-order valence-corrected chi connectivity index (χ1v) is 9.60. The first kappa shape index (κ1) is 20.3. The van der Waals surface area contributed by atoms with E-state index in [-0.39, 0.29) is 11.5 Å². The van der Waals surface area contributed by atoms with E-state index in [1.165, 1.54) is 23.1 Å². The number of amides is 1. The number of rotatable bonds is 5. The quantitative estimate of drug-likeness (QED) is 0.609. The number of benzene rings is 2. The standard InChI is InChI=1S/C20H17ClF3N3O3/c21-13-5-6-15-17(9-13)29-19(26-15)25-10-12-7-8-27(11-12)18(28)14-3-1-2-4-16(14)30-20(22,23)24/h1-6,9,12H,7-8,10-11H2,(H,25,26)/t12-/m1/s1. The van der Waals surface area contributed by atoms with Gasteiger partial charge in [0.1, 0.15) is 11.3 Å². The van der Waals surface area contributed by atoms with Crippen molar-refractivity contribution in [2.45, 2.75) is 12.8 Å². The highest BCUT2D eigenvalue weighted by atomic mass is 35.5. The normalized spacial score (nSPS) is 16.8. The van der Waals surface area contributed by atoms with Gasteiger partial charge in [0.25, 0.3) is 11.9 Å². The summed E-state index contributed by atoms with van der Waals surface area (Å²) in [6.45, 7) is 1.35. The number of hydrogen-bond donors (Lipinski definition) is 1. The molecule has 4 rings (SSSR count). The lowest BCUT2D eigenvalue weighted by Crippen LogP contribution is -2.30. The van der Waals surface area contributed by atoms with Gasteiger partial charge in [0, 0.05) is 30.7 Å². The summed E-state index contributed by atoms with van der Waals surface area (Å²) in [7, 11) is 0. The monoisotopic (exact) mass is 439 g/mol. The number of nitrogens with zero attached hydrogens (tertiary/aromatic N) is 2. The average molecular weight is 440 g/mol. The first-order valence-electron chi connectivity index (χ1n) is 9.22. The number of likely N-dealkylation sites (tertiary alicyclic amines) is 1. The summed E-state index contributed by atoms with van der Waals surface area (Å²) in [4.78, 5) is 18.6. The SMILES string of the molecule is O=C(c1ccccc1OC(F)(F)F)N1CC[C@H](CNc2nc3ccc(Cl)cc3o2)C1. The van der Waals surface area contributed by atoms with Gasteiger partial charge < -0.3 is 19.4 Å². The largest absolute Gasteiger partial charge is 0.573 e. The minimum Gasteiger partial charge on any atom is -0.424 e. The molecule has 2 heterocycles. The summed E-state index contributed by atoms with van der Waals surface area (Å²) >= 11 is 5.93. The first-order chi connectivity index (χ1) is 14.3. The van der Waals surface area contributed by atoms with Crippen molar-refractivity contribution in [1.29, 1.82) is 0 Å². The van der Waals surface area contributed by atoms with E-state index in [2.05, 4.69) is 15.0 Å². The van der Waals surface area contributed by atoms with E-state index in [1.54, 1.807) is 18.2 Å². The molecule has 0 radical (unpaired) electrons. The third-order valence-electron chi connectivity index (χ3n) is 4.81. The predicted molar refractivity (Wildman–Crippen MR) is 105 cm³/mol. The average Bonchev–Trinajstić information content (AvgIpc) is 3.31. The minimum atomic E-state index is -4.86. The van der Waals surface area contributed by atoms with Crippen molar-refractivity contribution in [2.24, 2.45) is 5.92 Å². The Labute approximate surface area is 174 Å². The van der Waals surface area contributed by atoms with Crippen LogP contribution in [0.2, 0.25) is 5.02 Å². The van der Waals surface area contributed by atoms with Crippen LogP contribution in [0.25, 0.3) is 11.1 Å². The summed E-state index contributed by atoms with van der Waals surface area (Å²) in [6.07, 6.45) is -4.16. The van der Waals surface area contributed by atoms with Crippen LogP contribution < -0.4 is 10.1 Å². The fraction of sp³-hybridized carbons (Fsp3) is 0.300. The predicted octanol–water partition coefficient (Wildman–Crippen LogP) is 4.95. The van der Waals surface area contributed by atoms with E-state index < -0.39 is 18.0 Å². The molecule has 1 fully saturated rings. The molecule has 0 aliphatic carbocycles. The maximum absolute atomic E-state index is 12.7. The number of alkyl halides is 3. The number of carbonyl (C=O) groups excluding carboxylic acids is 1. The number of fused-ring (bicyclic) bond motifs is 1. The molecule has 0 spiro atoms. The van der Waals surface area contributed by atoms with Crippen molar-refractivity contribution >= 4 is 34.6 Å². The summed E-state index contributed by atoms with van der Waals surface area (Å²) in [6, 6.07) is 10.9. The van der Waals surface area contributed by atoms with Crippen LogP contribution in [0.4, 0.5) is 19.2 Å². The van der Waals surface area contributed by atoms with Gasteiger partial charge in [0.15, 0.2) is 5.58 Å². The molecule has 10 heteroatoms. The van der Waals surface area contributed by atoms with Crippen LogP contribution in [0.15, 0.2) is 46.9 Å². The molecule has 1 aliphatic rings. The molecular formula is C20H17ClF3N3O3. The van der Waals surface area contributed by atoms with Crippen LogP contribution in [0.5, 0.6) is 5.75 Å². The van der Waals surface area contributed by atoms with Gasteiger partial charge in [-0.25, -0.2) is 0 Å². The topological polar surface area (TPSA) is 67.6 Å². The Balaban J connectivity index is 1.38. The molecule has 2 aromatic carbocycles. The number of carbonyl (C=O) groups is 1. The molecule has 1 saturated heterocycles. The smallest absolute Gasteiger partial charge is 0.424 e. The van der Waals surface area contributed by atoms with Crippen LogP contribution in [-0.2, 0) is 0 Å². The molecule has 1 atom stereocenters. The minimum absolute atomic E-state index is 0.100. The zero-order chi connectivity index (χ0) is 21.3. The molecule has 1 N–H and O–H groups in total. The maximum Gasteiger partial charge on any atom is 0.573 e.